The highest BCUT2D eigenvalue weighted by Gasteiger charge is 2.65. The monoisotopic (exact) mass is 490 g/mol. The minimum absolute atomic E-state index is 0.0529. The predicted molar refractivity (Wildman–Crippen MR) is 130 cm³/mol. The summed E-state index contributed by atoms with van der Waals surface area (Å²) in [6, 6.07) is 3.89. The van der Waals surface area contributed by atoms with E-state index in [0.29, 0.717) is 63.4 Å². The van der Waals surface area contributed by atoms with E-state index in [0.717, 1.165) is 23.1 Å². The Morgan fingerprint density at radius 3 is 2.47 bits per heavy atom. The fraction of sp³-hybridized carbons (Fsp3) is 0.731. The molecule has 5 rings (SSSR count). The summed E-state index contributed by atoms with van der Waals surface area (Å²) in [6.45, 7) is 7.29. The van der Waals surface area contributed by atoms with Crippen molar-refractivity contribution in [3.05, 3.63) is 28.8 Å². The van der Waals surface area contributed by atoms with E-state index in [1.165, 1.54) is 0 Å². The Morgan fingerprint density at radius 2 is 1.88 bits per heavy atom. The molecule has 3 fully saturated rings. The van der Waals surface area contributed by atoms with Crippen LogP contribution in [0.15, 0.2) is 12.1 Å². The number of ketones is 1. The highest BCUT2D eigenvalue weighted by molar-refractivity contribution is 7.89. The summed E-state index contributed by atoms with van der Waals surface area (Å²) in [7, 11) is -3.53. The molecular weight excluding hydrogens is 452 g/mol. The summed E-state index contributed by atoms with van der Waals surface area (Å²) >= 11 is 0. The first-order valence-electron chi connectivity index (χ1n) is 12.7. The number of nitrogens with zero attached hydrogens (tertiary/aromatic N) is 1. The number of benzene rings is 1. The van der Waals surface area contributed by atoms with Crippen LogP contribution in [-0.2, 0) is 26.0 Å². The van der Waals surface area contributed by atoms with E-state index in [2.05, 4.69) is 13.8 Å². The molecule has 0 amide bonds. The van der Waals surface area contributed by atoms with Crippen LogP contribution >= 0.6 is 0 Å². The fourth-order valence-electron chi connectivity index (χ4n) is 7.32. The third-order valence-electron chi connectivity index (χ3n) is 9.81. The summed E-state index contributed by atoms with van der Waals surface area (Å²) < 4.78 is 34.9. The first kappa shape index (κ1) is 24.2. The topological polar surface area (TPSA) is 110 Å². The van der Waals surface area contributed by atoms with Gasteiger partial charge in [0.1, 0.15) is 11.5 Å². The van der Waals surface area contributed by atoms with E-state index >= 15 is 0 Å². The number of hydrogen-bond acceptors (Lipinski definition) is 6. The van der Waals surface area contributed by atoms with Gasteiger partial charge in [0.05, 0.1) is 18.0 Å². The van der Waals surface area contributed by atoms with E-state index < -0.39 is 15.4 Å². The van der Waals surface area contributed by atoms with Gasteiger partial charge in [-0.1, -0.05) is 26.0 Å². The van der Waals surface area contributed by atoms with Crippen molar-refractivity contribution in [3.8, 4) is 5.75 Å². The molecule has 2 bridgehead atoms. The van der Waals surface area contributed by atoms with E-state index in [9.17, 15) is 18.3 Å². The summed E-state index contributed by atoms with van der Waals surface area (Å²) in [5.74, 6) is 0.921. The molecule has 1 aromatic carbocycles. The Morgan fingerprint density at radius 1 is 1.18 bits per heavy atom. The number of aryl methyl sites for hydroxylation is 1. The van der Waals surface area contributed by atoms with Gasteiger partial charge in [-0.2, -0.15) is 0 Å². The molecule has 34 heavy (non-hydrogen) atoms. The summed E-state index contributed by atoms with van der Waals surface area (Å²) in [4.78, 5) is 12.9. The SMILES string of the molecule is Cc1ccc2c(c1O)C[C@@H](C1CCN(S(=O)(=O)CC34CCC(CC3=O)C4(C)C)CC1)O[C@H]2CN. The summed E-state index contributed by atoms with van der Waals surface area (Å²) in [6.07, 6.45) is 3.84. The maximum absolute atomic E-state index is 13.5. The van der Waals surface area contributed by atoms with Gasteiger partial charge in [0, 0.05) is 43.5 Å². The number of aromatic hydroxyl groups is 1. The third-order valence-corrected chi connectivity index (χ3v) is 11.8. The van der Waals surface area contributed by atoms with E-state index in [1.54, 1.807) is 4.31 Å². The van der Waals surface area contributed by atoms with Gasteiger partial charge in [-0.25, -0.2) is 12.7 Å². The number of carbonyl (C=O) groups is 1. The molecular formula is C26H38N2O5S. The number of phenols is 1. The molecule has 188 valence electrons. The molecule has 2 heterocycles. The molecule has 4 atom stereocenters. The number of nitrogens with two attached hydrogens (primary N) is 1. The van der Waals surface area contributed by atoms with Gasteiger partial charge in [0.2, 0.25) is 10.0 Å². The number of rotatable bonds is 5. The lowest BCUT2D eigenvalue weighted by Crippen LogP contribution is -2.49. The molecule has 8 heteroatoms. The van der Waals surface area contributed by atoms with Crippen molar-refractivity contribution in [3.63, 3.8) is 0 Å². The van der Waals surface area contributed by atoms with Crippen LogP contribution in [0.4, 0.5) is 0 Å². The smallest absolute Gasteiger partial charge is 0.215 e. The molecule has 0 radical (unpaired) electrons. The van der Waals surface area contributed by atoms with Crippen LogP contribution in [0.25, 0.3) is 0 Å². The lowest BCUT2D eigenvalue weighted by atomic mass is 9.70. The van der Waals surface area contributed by atoms with Crippen LogP contribution in [0.1, 0.15) is 68.7 Å². The lowest BCUT2D eigenvalue weighted by Gasteiger charge is -2.41. The number of sulfonamides is 1. The minimum Gasteiger partial charge on any atom is -0.507 e. The molecule has 0 aromatic heterocycles. The predicted octanol–water partition coefficient (Wildman–Crippen LogP) is 3.08. The quantitative estimate of drug-likeness (QED) is 0.656. The molecule has 2 aliphatic heterocycles. The van der Waals surface area contributed by atoms with Gasteiger partial charge < -0.3 is 15.6 Å². The second-order valence-corrected chi connectivity index (χ2v) is 13.5. The first-order chi connectivity index (χ1) is 16.0. The van der Waals surface area contributed by atoms with E-state index in [4.69, 9.17) is 10.5 Å². The van der Waals surface area contributed by atoms with Crippen LogP contribution in [0.2, 0.25) is 0 Å². The van der Waals surface area contributed by atoms with Crippen LogP contribution in [0, 0.1) is 29.6 Å². The van der Waals surface area contributed by atoms with E-state index in [1.807, 2.05) is 19.1 Å². The number of Topliss-reactive ketones (excluding diaryl/α,β-unsaturated/α-hetero) is 1. The van der Waals surface area contributed by atoms with Crippen LogP contribution in [0.3, 0.4) is 0 Å². The van der Waals surface area contributed by atoms with Gasteiger partial charge >= 0.3 is 0 Å². The van der Waals surface area contributed by atoms with E-state index in [-0.39, 0.29) is 35.1 Å². The fourth-order valence-corrected chi connectivity index (χ4v) is 9.57. The normalized spacial score (nSPS) is 33.9. The van der Waals surface area contributed by atoms with Crippen LogP contribution in [-0.4, -0.2) is 55.1 Å². The third kappa shape index (κ3) is 3.55. The first-order valence-corrected chi connectivity index (χ1v) is 14.3. The highest BCUT2D eigenvalue weighted by Crippen LogP contribution is 2.64. The molecule has 2 saturated carbocycles. The van der Waals surface area contributed by atoms with Crippen LogP contribution < -0.4 is 5.73 Å². The Balaban J connectivity index is 1.28. The largest absolute Gasteiger partial charge is 0.507 e. The molecule has 2 aliphatic carbocycles. The summed E-state index contributed by atoms with van der Waals surface area (Å²) in [5.41, 5.74) is 7.73. The van der Waals surface area contributed by atoms with Gasteiger partial charge in [0.25, 0.3) is 0 Å². The highest BCUT2D eigenvalue weighted by atomic mass is 32.2. The lowest BCUT2D eigenvalue weighted by molar-refractivity contribution is -0.128. The Kier molecular flexibility index (Phi) is 5.90. The van der Waals surface area contributed by atoms with Gasteiger partial charge in [-0.15, -0.1) is 0 Å². The maximum Gasteiger partial charge on any atom is 0.215 e. The maximum atomic E-state index is 13.5. The number of piperidine rings is 1. The number of phenolic OH excluding ortho intramolecular Hbond substituents is 1. The van der Waals surface area contributed by atoms with Crippen molar-refractivity contribution in [2.24, 2.45) is 28.4 Å². The summed E-state index contributed by atoms with van der Waals surface area (Å²) in [5, 5.41) is 10.7. The van der Waals surface area contributed by atoms with Crippen molar-refractivity contribution >= 4 is 15.8 Å². The second-order valence-electron chi connectivity index (χ2n) is 11.6. The van der Waals surface area contributed by atoms with Gasteiger partial charge in [0.15, 0.2) is 0 Å². The minimum atomic E-state index is -3.53. The molecule has 7 nitrogen and oxygen atoms in total. The average Bonchev–Trinajstić information content (AvgIpc) is 3.15. The van der Waals surface area contributed by atoms with Crippen molar-refractivity contribution in [1.82, 2.24) is 4.31 Å². The van der Waals surface area contributed by atoms with Crippen molar-refractivity contribution in [2.75, 3.05) is 25.4 Å². The average molecular weight is 491 g/mol. The Hall–Kier alpha value is -1.48. The van der Waals surface area contributed by atoms with Crippen molar-refractivity contribution in [2.45, 2.75) is 71.5 Å². The standard InChI is InChI=1S/C26H38N2O5S/c1-16-4-5-19-20(24(16)30)13-21(33-22(19)14-27)17-7-10-28(11-8-17)34(31,32)15-26-9-6-18(12-23(26)29)25(26,2)3/h4-5,17-18,21-22,30H,6-15,27H2,1-3H3/t18?,21-,22-,26?/m0/s1. The zero-order valence-electron chi connectivity index (χ0n) is 20.5. The molecule has 1 saturated heterocycles. The van der Waals surface area contributed by atoms with Gasteiger partial charge in [-0.05, 0) is 61.0 Å². The molecule has 0 spiro atoms. The Bertz CT molecular complexity index is 1090. The van der Waals surface area contributed by atoms with Crippen molar-refractivity contribution in [1.29, 1.82) is 0 Å². The van der Waals surface area contributed by atoms with Gasteiger partial charge in [-0.3, -0.25) is 4.79 Å². The van der Waals surface area contributed by atoms with Crippen LogP contribution in [0.5, 0.6) is 5.75 Å². The second kappa shape index (κ2) is 8.29. The molecule has 1 aromatic rings. The molecule has 2 unspecified atom stereocenters. The zero-order valence-corrected chi connectivity index (χ0v) is 21.4. The number of ether oxygens (including phenoxy) is 1. The number of fused-ring (bicyclic) bond motifs is 3. The Labute approximate surface area is 203 Å². The number of carbonyl (C=O) groups excluding carboxylic acids is 1. The molecule has 3 N–H and O–H groups in total. The zero-order chi connectivity index (χ0) is 24.5. The van der Waals surface area contributed by atoms with Crippen molar-refractivity contribution < 1.29 is 23.1 Å². The number of hydrogen-bond donors (Lipinski definition) is 2. The molecule has 4 aliphatic rings.